The number of hydrogen-bond donors (Lipinski definition) is 0. The lowest BCUT2D eigenvalue weighted by molar-refractivity contribution is 0.660. The van der Waals surface area contributed by atoms with E-state index < -0.39 is 0 Å². The Morgan fingerprint density at radius 2 is 1.04 bits per heavy atom. The molecule has 0 aromatic heterocycles. The molecule has 0 aliphatic heterocycles. The number of rotatable bonds is 4. The van der Waals surface area contributed by atoms with E-state index in [-0.39, 0.29) is 5.41 Å². The fourth-order valence-corrected chi connectivity index (χ4v) is 9.16. The summed E-state index contributed by atoms with van der Waals surface area (Å²) in [7, 11) is 0. The highest BCUT2D eigenvalue weighted by Crippen LogP contribution is 2.50. The van der Waals surface area contributed by atoms with Crippen molar-refractivity contribution in [2.45, 2.75) is 32.6 Å². The summed E-state index contributed by atoms with van der Waals surface area (Å²) in [6.07, 6.45) is 5.82. The van der Waals surface area contributed by atoms with Crippen LogP contribution in [0.5, 0.6) is 0 Å². The van der Waals surface area contributed by atoms with Crippen LogP contribution in [0.2, 0.25) is 0 Å². The molecule has 0 saturated heterocycles. The molecule has 0 N–H and O–H groups in total. The van der Waals surface area contributed by atoms with Crippen LogP contribution in [-0.2, 0) is 11.8 Å². The van der Waals surface area contributed by atoms with E-state index in [1.807, 2.05) is 0 Å². The van der Waals surface area contributed by atoms with Gasteiger partial charge < -0.3 is 0 Å². The number of hydrogen-bond acceptors (Lipinski definition) is 0. The molecule has 8 aromatic rings. The van der Waals surface area contributed by atoms with Crippen LogP contribution in [-0.4, -0.2) is 0 Å². The standard InChI is InChI=1S/C52H40/c1-33-22-26-46-47(28-33)51(41-17-10-14-36(30-41)38-24-23-34-12-4-5-13-35(34)29-38)45-20-7-6-19-44(45)50(46)40-16-11-15-37(31-40)39-25-27-43-42-18-8-9-21-48(42)52(2,3)49(43)32-39/h4-27,29-33H,28H2,1-3H3. The van der Waals surface area contributed by atoms with Crippen LogP contribution in [0.25, 0.3) is 83.3 Å². The quantitative estimate of drug-likeness (QED) is 0.176. The molecule has 52 heavy (non-hydrogen) atoms. The summed E-state index contributed by atoms with van der Waals surface area (Å²) in [5.74, 6) is 0.467. The molecule has 0 heteroatoms. The maximum absolute atomic E-state index is 2.44. The first-order valence-corrected chi connectivity index (χ1v) is 18.6. The highest BCUT2D eigenvalue weighted by molar-refractivity contribution is 6.10. The second-order valence-corrected chi connectivity index (χ2v) is 15.4. The zero-order valence-electron chi connectivity index (χ0n) is 30.0. The number of fused-ring (bicyclic) bond motifs is 6. The Hall–Kier alpha value is -5.98. The Morgan fingerprint density at radius 1 is 0.462 bits per heavy atom. The molecule has 0 bridgehead atoms. The molecule has 0 fully saturated rings. The minimum absolute atomic E-state index is 0.0300. The second-order valence-electron chi connectivity index (χ2n) is 15.4. The third-order valence-electron chi connectivity index (χ3n) is 11.8. The molecule has 10 rings (SSSR count). The predicted octanol–water partition coefficient (Wildman–Crippen LogP) is 14.2. The second kappa shape index (κ2) is 11.8. The van der Waals surface area contributed by atoms with E-state index in [1.54, 1.807) is 0 Å². The average Bonchev–Trinajstić information content (AvgIpc) is 3.42. The minimum Gasteiger partial charge on any atom is -0.0807 e. The van der Waals surface area contributed by atoms with Crippen molar-refractivity contribution < 1.29 is 0 Å². The van der Waals surface area contributed by atoms with Crippen molar-refractivity contribution >= 4 is 27.6 Å². The van der Waals surface area contributed by atoms with Gasteiger partial charge in [0.15, 0.2) is 0 Å². The first kappa shape index (κ1) is 30.8. The summed E-state index contributed by atoms with van der Waals surface area (Å²) >= 11 is 0. The zero-order valence-corrected chi connectivity index (χ0v) is 30.0. The van der Waals surface area contributed by atoms with E-state index in [0.717, 1.165) is 6.42 Å². The van der Waals surface area contributed by atoms with Gasteiger partial charge in [0.1, 0.15) is 0 Å². The molecule has 2 aliphatic carbocycles. The van der Waals surface area contributed by atoms with Gasteiger partial charge in [-0.2, -0.15) is 0 Å². The van der Waals surface area contributed by atoms with E-state index in [0.29, 0.717) is 5.92 Å². The van der Waals surface area contributed by atoms with Crippen molar-refractivity contribution in [1.29, 1.82) is 0 Å². The molecule has 0 spiro atoms. The van der Waals surface area contributed by atoms with Gasteiger partial charge in [-0.05, 0) is 136 Å². The van der Waals surface area contributed by atoms with E-state index in [2.05, 4.69) is 191 Å². The highest BCUT2D eigenvalue weighted by atomic mass is 14.4. The number of benzene rings is 8. The van der Waals surface area contributed by atoms with E-state index in [4.69, 9.17) is 0 Å². The van der Waals surface area contributed by atoms with Crippen LogP contribution in [0.1, 0.15) is 43.0 Å². The summed E-state index contributed by atoms with van der Waals surface area (Å²) in [5.41, 5.74) is 18.6. The Labute approximate surface area is 306 Å². The Balaban J connectivity index is 1.13. The summed E-state index contributed by atoms with van der Waals surface area (Å²) in [6, 6.07) is 59.0. The van der Waals surface area contributed by atoms with Gasteiger partial charge in [0.25, 0.3) is 0 Å². The molecule has 1 atom stereocenters. The molecule has 2 aliphatic rings. The summed E-state index contributed by atoms with van der Waals surface area (Å²) in [6.45, 7) is 7.07. The SMILES string of the molecule is CC1C=Cc2c(c(-c3cccc(-c4ccc5ccccc5c4)c3)c3ccccc3c2-c2cccc(-c3ccc4c(c3)C(C)(C)c3ccccc3-4)c2)C1. The smallest absolute Gasteiger partial charge is 0.0159 e. The van der Waals surface area contributed by atoms with Crippen molar-refractivity contribution in [1.82, 2.24) is 0 Å². The fourth-order valence-electron chi connectivity index (χ4n) is 9.16. The van der Waals surface area contributed by atoms with Crippen molar-refractivity contribution in [3.63, 3.8) is 0 Å². The van der Waals surface area contributed by atoms with Crippen LogP contribution < -0.4 is 0 Å². The molecule has 0 saturated carbocycles. The van der Waals surface area contributed by atoms with Gasteiger partial charge in [-0.1, -0.05) is 166 Å². The Kier molecular flexibility index (Phi) is 6.99. The molecular formula is C52H40. The van der Waals surface area contributed by atoms with Crippen molar-refractivity contribution in [2.75, 3.05) is 0 Å². The minimum atomic E-state index is -0.0300. The third-order valence-corrected chi connectivity index (χ3v) is 11.8. The van der Waals surface area contributed by atoms with Gasteiger partial charge >= 0.3 is 0 Å². The van der Waals surface area contributed by atoms with Crippen molar-refractivity contribution in [2.24, 2.45) is 5.92 Å². The van der Waals surface area contributed by atoms with E-state index >= 15 is 0 Å². The lowest BCUT2D eigenvalue weighted by atomic mass is 9.77. The summed E-state index contributed by atoms with van der Waals surface area (Å²) < 4.78 is 0. The van der Waals surface area contributed by atoms with Crippen LogP contribution in [0.3, 0.4) is 0 Å². The molecule has 1 unspecified atom stereocenters. The molecule has 248 valence electrons. The summed E-state index contributed by atoms with van der Waals surface area (Å²) in [5, 5.41) is 5.16. The maximum Gasteiger partial charge on any atom is 0.0159 e. The van der Waals surface area contributed by atoms with E-state index in [1.165, 1.54) is 99.4 Å². The fraction of sp³-hybridized carbons (Fsp3) is 0.115. The van der Waals surface area contributed by atoms with Gasteiger partial charge in [-0.3, -0.25) is 0 Å². The molecule has 0 radical (unpaired) electrons. The predicted molar refractivity (Wildman–Crippen MR) is 223 cm³/mol. The monoisotopic (exact) mass is 664 g/mol. The van der Waals surface area contributed by atoms with Gasteiger partial charge in [-0.15, -0.1) is 0 Å². The normalized spacial score (nSPS) is 15.4. The summed E-state index contributed by atoms with van der Waals surface area (Å²) in [4.78, 5) is 0. The van der Waals surface area contributed by atoms with Crippen LogP contribution in [0, 0.1) is 5.92 Å². The molecule has 0 heterocycles. The van der Waals surface area contributed by atoms with Crippen molar-refractivity contribution in [3.05, 3.63) is 186 Å². The molecule has 8 aromatic carbocycles. The zero-order chi connectivity index (χ0) is 35.0. The topological polar surface area (TPSA) is 0 Å². The Morgan fingerprint density at radius 3 is 1.83 bits per heavy atom. The van der Waals surface area contributed by atoms with E-state index in [9.17, 15) is 0 Å². The first-order chi connectivity index (χ1) is 25.4. The van der Waals surface area contributed by atoms with Crippen LogP contribution in [0.4, 0.5) is 0 Å². The van der Waals surface area contributed by atoms with Gasteiger partial charge in [-0.25, -0.2) is 0 Å². The highest BCUT2D eigenvalue weighted by Gasteiger charge is 2.35. The largest absolute Gasteiger partial charge is 0.0807 e. The van der Waals surface area contributed by atoms with Gasteiger partial charge in [0.05, 0.1) is 0 Å². The number of allylic oxidation sites excluding steroid dienone is 1. The maximum atomic E-state index is 2.44. The van der Waals surface area contributed by atoms with Crippen LogP contribution >= 0.6 is 0 Å². The third kappa shape index (κ3) is 4.82. The average molecular weight is 665 g/mol. The van der Waals surface area contributed by atoms with Crippen LogP contribution in [0.15, 0.2) is 164 Å². The van der Waals surface area contributed by atoms with Crippen molar-refractivity contribution in [3.8, 4) is 55.6 Å². The lowest BCUT2D eigenvalue weighted by Crippen LogP contribution is -2.14. The molecule has 0 amide bonds. The lowest BCUT2D eigenvalue weighted by Gasteiger charge is -2.26. The Bertz CT molecular complexity index is 2750. The molecule has 0 nitrogen and oxygen atoms in total. The first-order valence-electron chi connectivity index (χ1n) is 18.6. The van der Waals surface area contributed by atoms with Gasteiger partial charge in [0, 0.05) is 5.41 Å². The van der Waals surface area contributed by atoms with Gasteiger partial charge in [0.2, 0.25) is 0 Å². The molecular weight excluding hydrogens is 625 g/mol.